The number of pyridine rings is 1. The Kier molecular flexibility index (Phi) is 10.3. The fourth-order valence-corrected chi connectivity index (χ4v) is 5.44. The Bertz CT molecular complexity index is 1500. The molecule has 4 rings (SSSR count). The number of aromatic nitrogens is 2. The number of nitrogens with one attached hydrogen (secondary N) is 2. The van der Waals surface area contributed by atoms with Gasteiger partial charge in [0.25, 0.3) is 5.91 Å². The van der Waals surface area contributed by atoms with Crippen LogP contribution in [0.5, 0.6) is 0 Å². The maximum Gasteiger partial charge on any atom is 0.419 e. The van der Waals surface area contributed by atoms with E-state index in [1.54, 1.807) is 39.2 Å². The second-order valence-corrected chi connectivity index (χ2v) is 12.6. The molecule has 0 radical (unpaired) electrons. The molecule has 0 aliphatic carbocycles. The zero-order chi connectivity index (χ0) is 32.0. The highest BCUT2D eigenvalue weighted by molar-refractivity contribution is 6.02. The van der Waals surface area contributed by atoms with Gasteiger partial charge >= 0.3 is 12.1 Å². The first-order valence-electron chi connectivity index (χ1n) is 15.1. The van der Waals surface area contributed by atoms with Gasteiger partial charge < -0.3 is 25.0 Å². The van der Waals surface area contributed by atoms with Crippen molar-refractivity contribution in [2.24, 2.45) is 5.92 Å². The fraction of sp³-hybridized carbons (Fsp3) is 0.485. The fourth-order valence-electron chi connectivity index (χ4n) is 5.44. The first kappa shape index (κ1) is 32.5. The lowest BCUT2D eigenvalue weighted by Crippen LogP contribution is -2.53. The van der Waals surface area contributed by atoms with Crippen molar-refractivity contribution in [3.63, 3.8) is 0 Å². The van der Waals surface area contributed by atoms with Gasteiger partial charge in [-0.25, -0.2) is 9.59 Å². The summed E-state index contributed by atoms with van der Waals surface area (Å²) in [6, 6.07) is 7.11. The number of benzene rings is 1. The van der Waals surface area contributed by atoms with Gasteiger partial charge in [0.15, 0.2) is 0 Å². The van der Waals surface area contributed by atoms with Crippen LogP contribution in [-0.4, -0.2) is 71.3 Å². The van der Waals surface area contributed by atoms with E-state index in [0.29, 0.717) is 23.1 Å². The minimum atomic E-state index is -1.07. The first-order valence-corrected chi connectivity index (χ1v) is 15.1. The largest absolute Gasteiger partial charge is 0.467 e. The van der Waals surface area contributed by atoms with Crippen LogP contribution >= 0.6 is 0 Å². The highest BCUT2D eigenvalue weighted by atomic mass is 16.6. The summed E-state index contributed by atoms with van der Waals surface area (Å²) in [6.07, 6.45) is 6.74. The molecule has 2 N–H and O–H groups in total. The maximum absolute atomic E-state index is 13.7. The zero-order valence-corrected chi connectivity index (χ0v) is 26.4. The molecule has 2 amide bonds. The molecular formula is C33H43N5O6. The summed E-state index contributed by atoms with van der Waals surface area (Å²) in [5, 5.41) is 6.44. The number of amides is 2. The van der Waals surface area contributed by atoms with E-state index in [-0.39, 0.29) is 12.3 Å². The van der Waals surface area contributed by atoms with Crippen LogP contribution in [0, 0.1) is 5.92 Å². The lowest BCUT2D eigenvalue weighted by atomic mass is 10.0. The van der Waals surface area contributed by atoms with E-state index in [0.717, 1.165) is 37.0 Å². The van der Waals surface area contributed by atoms with Crippen LogP contribution in [0.1, 0.15) is 69.8 Å². The zero-order valence-electron chi connectivity index (χ0n) is 26.4. The molecule has 1 aliphatic heterocycles. The Morgan fingerprint density at radius 1 is 1.00 bits per heavy atom. The molecule has 0 bridgehead atoms. The summed E-state index contributed by atoms with van der Waals surface area (Å²) >= 11 is 0. The van der Waals surface area contributed by atoms with Crippen molar-refractivity contribution in [2.45, 2.75) is 78.0 Å². The Labute approximate surface area is 258 Å². The number of hydrogen-bond acceptors (Lipinski definition) is 8. The maximum atomic E-state index is 13.7. The Morgan fingerprint density at radius 2 is 1.70 bits per heavy atom. The van der Waals surface area contributed by atoms with E-state index in [1.165, 1.54) is 17.9 Å². The van der Waals surface area contributed by atoms with E-state index in [2.05, 4.69) is 20.5 Å². The van der Waals surface area contributed by atoms with Gasteiger partial charge in [0.05, 0.1) is 23.9 Å². The summed E-state index contributed by atoms with van der Waals surface area (Å²) in [5.41, 5.74) is 1.74. The standard InChI is InChI=1S/C33H43N5O6/c1-21(2)17-25(35-29(39)24-19-34-14-13-27(24)37-15-9-10-16-37)30(40)36-26(31(41)43-6)18-22-20-38(32(42)44-33(3,4)5)28-12-8-7-11-23(22)28/h7-8,11-14,19-21,25-26H,9-10,15-18H2,1-6H3,(H,35,39)(H,36,40)/t25-,26-/m0/s1. The molecule has 0 saturated carbocycles. The monoisotopic (exact) mass is 605 g/mol. The molecule has 1 aliphatic rings. The molecule has 1 aromatic carbocycles. The van der Waals surface area contributed by atoms with Crippen LogP contribution in [0.4, 0.5) is 10.5 Å². The van der Waals surface area contributed by atoms with Crippen LogP contribution in [0.2, 0.25) is 0 Å². The molecule has 236 valence electrons. The molecule has 2 aromatic heterocycles. The van der Waals surface area contributed by atoms with Crippen molar-refractivity contribution < 1.29 is 28.7 Å². The van der Waals surface area contributed by atoms with Gasteiger partial charge in [-0.3, -0.25) is 19.1 Å². The van der Waals surface area contributed by atoms with E-state index >= 15 is 0 Å². The average Bonchev–Trinajstić information content (AvgIpc) is 3.64. The number of carbonyl (C=O) groups excluding carboxylic acids is 4. The number of para-hydroxylation sites is 1. The molecule has 3 aromatic rings. The SMILES string of the molecule is COC(=O)[C@H](Cc1cn(C(=O)OC(C)(C)C)c2ccccc12)NC(=O)[C@H](CC(C)C)NC(=O)c1cnccc1N1CCCC1. The van der Waals surface area contributed by atoms with Gasteiger partial charge in [0, 0.05) is 43.5 Å². The summed E-state index contributed by atoms with van der Waals surface area (Å²) in [7, 11) is 1.25. The summed E-state index contributed by atoms with van der Waals surface area (Å²) < 4.78 is 12.0. The van der Waals surface area contributed by atoms with Gasteiger partial charge in [-0.05, 0) is 63.6 Å². The van der Waals surface area contributed by atoms with Gasteiger partial charge in [-0.2, -0.15) is 0 Å². The van der Waals surface area contributed by atoms with Crippen LogP contribution < -0.4 is 15.5 Å². The average molecular weight is 606 g/mol. The number of esters is 1. The van der Waals surface area contributed by atoms with E-state index in [4.69, 9.17) is 9.47 Å². The van der Waals surface area contributed by atoms with Gasteiger partial charge in [0.2, 0.25) is 5.91 Å². The Balaban J connectivity index is 1.57. The number of ether oxygens (including phenoxy) is 2. The molecule has 11 heteroatoms. The smallest absolute Gasteiger partial charge is 0.419 e. The number of anilines is 1. The molecule has 0 unspecified atom stereocenters. The third-order valence-corrected chi connectivity index (χ3v) is 7.43. The van der Waals surface area contributed by atoms with Crippen molar-refractivity contribution in [2.75, 3.05) is 25.1 Å². The van der Waals surface area contributed by atoms with Gasteiger partial charge in [-0.1, -0.05) is 32.0 Å². The molecule has 2 atom stereocenters. The van der Waals surface area contributed by atoms with Crippen LogP contribution in [0.15, 0.2) is 48.9 Å². The number of methoxy groups -OCH3 is 1. The Hall–Kier alpha value is -4.41. The second-order valence-electron chi connectivity index (χ2n) is 12.6. The number of nitrogens with zero attached hydrogens (tertiary/aromatic N) is 3. The predicted octanol–water partition coefficient (Wildman–Crippen LogP) is 4.46. The van der Waals surface area contributed by atoms with Crippen molar-refractivity contribution >= 4 is 40.5 Å². The van der Waals surface area contributed by atoms with Crippen molar-refractivity contribution in [1.29, 1.82) is 0 Å². The van der Waals surface area contributed by atoms with Crippen LogP contribution in [0.25, 0.3) is 10.9 Å². The molecule has 3 heterocycles. The Morgan fingerprint density at radius 3 is 2.36 bits per heavy atom. The van der Waals surface area contributed by atoms with E-state index < -0.39 is 41.6 Å². The third-order valence-electron chi connectivity index (χ3n) is 7.43. The number of hydrogen-bond donors (Lipinski definition) is 2. The number of carbonyl (C=O) groups is 4. The molecule has 11 nitrogen and oxygen atoms in total. The van der Waals surface area contributed by atoms with Gasteiger partial charge in [-0.15, -0.1) is 0 Å². The summed E-state index contributed by atoms with van der Waals surface area (Å²) in [6.45, 7) is 11.0. The molecule has 0 spiro atoms. The third kappa shape index (κ3) is 7.94. The first-order chi connectivity index (χ1) is 20.9. The lowest BCUT2D eigenvalue weighted by molar-refractivity contribution is -0.145. The molecule has 1 saturated heterocycles. The van der Waals surface area contributed by atoms with Crippen molar-refractivity contribution in [3.8, 4) is 0 Å². The number of rotatable bonds is 10. The molecular weight excluding hydrogens is 562 g/mol. The minimum absolute atomic E-state index is 0.0543. The number of fused-ring (bicyclic) bond motifs is 1. The summed E-state index contributed by atoms with van der Waals surface area (Å²) in [5.74, 6) is -1.49. The van der Waals surface area contributed by atoms with Crippen LogP contribution in [0.3, 0.4) is 0 Å². The highest BCUT2D eigenvalue weighted by Gasteiger charge is 2.31. The molecule has 44 heavy (non-hydrogen) atoms. The lowest BCUT2D eigenvalue weighted by Gasteiger charge is -2.25. The second kappa shape index (κ2) is 13.9. The van der Waals surface area contributed by atoms with Gasteiger partial charge in [0.1, 0.15) is 17.7 Å². The quantitative estimate of drug-likeness (QED) is 0.324. The highest BCUT2D eigenvalue weighted by Crippen LogP contribution is 2.26. The molecule has 1 fully saturated rings. The van der Waals surface area contributed by atoms with E-state index in [1.807, 2.05) is 38.1 Å². The topological polar surface area (TPSA) is 132 Å². The predicted molar refractivity (Wildman–Crippen MR) is 168 cm³/mol. The summed E-state index contributed by atoms with van der Waals surface area (Å²) in [4.78, 5) is 59.5. The van der Waals surface area contributed by atoms with Crippen LogP contribution in [-0.2, 0) is 25.5 Å². The normalized spacial score (nSPS) is 14.8. The minimum Gasteiger partial charge on any atom is -0.467 e. The van der Waals surface area contributed by atoms with Crippen molar-refractivity contribution in [3.05, 3.63) is 60.0 Å². The van der Waals surface area contributed by atoms with Crippen molar-refractivity contribution in [1.82, 2.24) is 20.2 Å². The van der Waals surface area contributed by atoms with E-state index in [9.17, 15) is 19.2 Å².